The number of nitrogens with zero attached hydrogens (tertiary/aromatic N) is 2. The standard InChI is InChI=1S/C26H35N3O6S/c1-6-36(32,33)29(21-12-13-22-23(16-21)35-18-34-22)17-24(30)28(15-14-20-10-8-7-9-11-20)19(2)25(31)27-26(3,4)5/h7-13,16,19H,6,14-15,17-18H2,1-5H3,(H,27,31)/t19-/m0/s1. The SMILES string of the molecule is CCS(=O)(=O)N(CC(=O)N(CCc1ccccc1)[C@@H](C)C(=O)NC(C)(C)C)c1ccc2c(c1)OCO2. The van der Waals surface area contributed by atoms with Crippen LogP contribution in [0.3, 0.4) is 0 Å². The summed E-state index contributed by atoms with van der Waals surface area (Å²) in [6, 6.07) is 13.6. The van der Waals surface area contributed by atoms with Crippen molar-refractivity contribution in [3.05, 3.63) is 54.1 Å². The average molecular weight is 518 g/mol. The number of ether oxygens (including phenoxy) is 2. The minimum absolute atomic E-state index is 0.0475. The lowest BCUT2D eigenvalue weighted by Crippen LogP contribution is -2.55. The summed E-state index contributed by atoms with van der Waals surface area (Å²) < 4.78 is 37.9. The van der Waals surface area contributed by atoms with E-state index in [1.165, 1.54) is 11.8 Å². The number of hydrogen-bond donors (Lipinski definition) is 1. The fourth-order valence-electron chi connectivity index (χ4n) is 3.80. The van der Waals surface area contributed by atoms with Gasteiger partial charge in [0.1, 0.15) is 12.6 Å². The van der Waals surface area contributed by atoms with E-state index in [4.69, 9.17) is 9.47 Å². The van der Waals surface area contributed by atoms with Crippen LogP contribution in [0.4, 0.5) is 5.69 Å². The lowest BCUT2D eigenvalue weighted by Gasteiger charge is -2.33. The van der Waals surface area contributed by atoms with Crippen molar-refractivity contribution in [1.29, 1.82) is 0 Å². The molecule has 0 unspecified atom stereocenters. The van der Waals surface area contributed by atoms with Crippen molar-refractivity contribution in [3.63, 3.8) is 0 Å². The lowest BCUT2D eigenvalue weighted by molar-refractivity contribution is -0.139. The van der Waals surface area contributed by atoms with E-state index in [2.05, 4.69) is 5.32 Å². The minimum atomic E-state index is -3.81. The molecule has 0 aromatic heterocycles. The zero-order chi connectivity index (χ0) is 26.5. The van der Waals surface area contributed by atoms with E-state index in [-0.39, 0.29) is 25.0 Å². The molecule has 0 fully saturated rings. The Morgan fingerprint density at radius 2 is 1.72 bits per heavy atom. The molecule has 0 aliphatic carbocycles. The normalized spacial score (nSPS) is 13.7. The Balaban J connectivity index is 1.89. The first-order valence-electron chi connectivity index (χ1n) is 12.0. The monoisotopic (exact) mass is 517 g/mol. The molecular formula is C26H35N3O6S. The van der Waals surface area contributed by atoms with Crippen molar-refractivity contribution >= 4 is 27.5 Å². The van der Waals surface area contributed by atoms with Crippen LogP contribution in [0.25, 0.3) is 0 Å². The molecule has 2 aromatic rings. The van der Waals surface area contributed by atoms with Crippen LogP contribution >= 0.6 is 0 Å². The molecule has 1 aliphatic heterocycles. The van der Waals surface area contributed by atoms with E-state index in [0.29, 0.717) is 23.6 Å². The summed E-state index contributed by atoms with van der Waals surface area (Å²) >= 11 is 0. The molecule has 3 rings (SSSR count). The molecular weight excluding hydrogens is 482 g/mol. The van der Waals surface area contributed by atoms with Crippen molar-refractivity contribution in [1.82, 2.24) is 10.2 Å². The Bertz CT molecular complexity index is 1180. The topological polar surface area (TPSA) is 105 Å². The Kier molecular flexibility index (Phi) is 8.50. The summed E-state index contributed by atoms with van der Waals surface area (Å²) in [7, 11) is -3.81. The second-order valence-electron chi connectivity index (χ2n) is 9.68. The van der Waals surface area contributed by atoms with Gasteiger partial charge in [-0.2, -0.15) is 0 Å². The fourth-order valence-corrected chi connectivity index (χ4v) is 4.86. The van der Waals surface area contributed by atoms with E-state index in [9.17, 15) is 18.0 Å². The first-order chi connectivity index (χ1) is 16.9. The molecule has 2 aromatic carbocycles. The third-order valence-corrected chi connectivity index (χ3v) is 7.51. The summed E-state index contributed by atoms with van der Waals surface area (Å²) in [4.78, 5) is 28.1. The predicted octanol–water partition coefficient (Wildman–Crippen LogP) is 2.95. The number of benzene rings is 2. The molecule has 2 amide bonds. The van der Waals surface area contributed by atoms with Crippen molar-refractivity contribution in [2.45, 2.75) is 52.6 Å². The molecule has 1 heterocycles. The van der Waals surface area contributed by atoms with Gasteiger partial charge in [-0.3, -0.25) is 13.9 Å². The van der Waals surface area contributed by atoms with E-state index < -0.39 is 34.1 Å². The van der Waals surface area contributed by atoms with Gasteiger partial charge in [0.05, 0.1) is 11.4 Å². The molecule has 36 heavy (non-hydrogen) atoms. The van der Waals surface area contributed by atoms with Crippen LogP contribution in [-0.2, 0) is 26.0 Å². The maximum absolute atomic E-state index is 13.6. The van der Waals surface area contributed by atoms with Crippen LogP contribution in [0.15, 0.2) is 48.5 Å². The number of sulfonamides is 1. The molecule has 0 spiro atoms. The quantitative estimate of drug-likeness (QED) is 0.520. The largest absolute Gasteiger partial charge is 0.454 e. The predicted molar refractivity (Wildman–Crippen MR) is 139 cm³/mol. The van der Waals surface area contributed by atoms with Crippen LogP contribution in [-0.4, -0.2) is 62.3 Å². The number of amides is 2. The number of carbonyl (C=O) groups excluding carboxylic acids is 2. The first kappa shape index (κ1) is 27.3. The van der Waals surface area contributed by atoms with Crippen molar-refractivity contribution in [2.75, 3.05) is 29.9 Å². The summed E-state index contributed by atoms with van der Waals surface area (Å²) in [5, 5.41) is 2.91. The van der Waals surface area contributed by atoms with Crippen LogP contribution in [0.2, 0.25) is 0 Å². The highest BCUT2D eigenvalue weighted by atomic mass is 32.2. The third kappa shape index (κ3) is 6.90. The second-order valence-corrected chi connectivity index (χ2v) is 11.9. The van der Waals surface area contributed by atoms with E-state index in [1.54, 1.807) is 25.1 Å². The zero-order valence-electron chi connectivity index (χ0n) is 21.5. The molecule has 1 aliphatic rings. The number of fused-ring (bicyclic) bond motifs is 1. The van der Waals surface area contributed by atoms with Gasteiger partial charge in [0.25, 0.3) is 0 Å². The van der Waals surface area contributed by atoms with Gasteiger partial charge in [0.2, 0.25) is 28.6 Å². The Labute approximate surface area is 213 Å². The summed E-state index contributed by atoms with van der Waals surface area (Å²) in [6.45, 7) is 8.62. The smallest absolute Gasteiger partial charge is 0.244 e. The van der Waals surface area contributed by atoms with Crippen molar-refractivity contribution in [3.8, 4) is 11.5 Å². The van der Waals surface area contributed by atoms with Gasteiger partial charge in [-0.25, -0.2) is 8.42 Å². The van der Waals surface area contributed by atoms with Gasteiger partial charge in [-0.05, 0) is 58.7 Å². The molecule has 9 nitrogen and oxygen atoms in total. The molecule has 10 heteroatoms. The van der Waals surface area contributed by atoms with Gasteiger partial charge >= 0.3 is 0 Å². The van der Waals surface area contributed by atoms with Crippen LogP contribution in [0, 0.1) is 0 Å². The van der Waals surface area contributed by atoms with Crippen LogP contribution in [0.5, 0.6) is 11.5 Å². The highest BCUT2D eigenvalue weighted by Gasteiger charge is 2.32. The van der Waals surface area contributed by atoms with Gasteiger partial charge in [-0.1, -0.05) is 30.3 Å². The molecule has 0 radical (unpaired) electrons. The number of rotatable bonds is 10. The van der Waals surface area contributed by atoms with Crippen molar-refractivity contribution < 1.29 is 27.5 Å². The number of nitrogens with one attached hydrogen (secondary N) is 1. The number of carbonyl (C=O) groups is 2. The fraction of sp³-hybridized carbons (Fsp3) is 0.462. The Morgan fingerprint density at radius 1 is 1.06 bits per heavy atom. The zero-order valence-corrected chi connectivity index (χ0v) is 22.3. The number of hydrogen-bond acceptors (Lipinski definition) is 6. The lowest BCUT2D eigenvalue weighted by atomic mass is 10.1. The van der Waals surface area contributed by atoms with E-state index in [0.717, 1.165) is 9.87 Å². The highest BCUT2D eigenvalue weighted by Crippen LogP contribution is 2.36. The molecule has 1 N–H and O–H groups in total. The molecule has 196 valence electrons. The average Bonchev–Trinajstić information content (AvgIpc) is 3.30. The molecule has 0 bridgehead atoms. The summed E-state index contributed by atoms with van der Waals surface area (Å²) in [5.41, 5.74) is 0.820. The Morgan fingerprint density at radius 3 is 2.36 bits per heavy atom. The van der Waals surface area contributed by atoms with E-state index in [1.807, 2.05) is 51.1 Å². The van der Waals surface area contributed by atoms with Crippen LogP contribution in [0.1, 0.15) is 40.2 Å². The minimum Gasteiger partial charge on any atom is -0.454 e. The maximum Gasteiger partial charge on any atom is 0.244 e. The van der Waals surface area contributed by atoms with Gasteiger partial charge < -0.3 is 19.7 Å². The summed E-state index contributed by atoms with van der Waals surface area (Å²) in [6.07, 6.45) is 0.518. The van der Waals surface area contributed by atoms with Gasteiger partial charge in [0, 0.05) is 18.2 Å². The van der Waals surface area contributed by atoms with Gasteiger partial charge in [-0.15, -0.1) is 0 Å². The first-order valence-corrected chi connectivity index (χ1v) is 13.6. The molecule has 1 atom stereocenters. The molecule has 0 saturated heterocycles. The van der Waals surface area contributed by atoms with Crippen LogP contribution < -0.4 is 19.1 Å². The highest BCUT2D eigenvalue weighted by molar-refractivity contribution is 7.92. The molecule has 0 saturated carbocycles. The number of anilines is 1. The van der Waals surface area contributed by atoms with E-state index >= 15 is 0 Å². The summed E-state index contributed by atoms with van der Waals surface area (Å²) in [5.74, 6) is -0.0567. The Hall–Kier alpha value is -3.27. The maximum atomic E-state index is 13.6. The third-order valence-electron chi connectivity index (χ3n) is 5.77. The van der Waals surface area contributed by atoms with Gasteiger partial charge in [0.15, 0.2) is 11.5 Å². The second kappa shape index (κ2) is 11.2. The van der Waals surface area contributed by atoms with Crippen molar-refractivity contribution in [2.24, 2.45) is 0 Å².